The molecular weight excluding hydrogens is 1390 g/mol. The molecule has 0 unspecified atom stereocenters. The highest BCUT2D eigenvalue weighted by atomic mass is 79.9. The summed E-state index contributed by atoms with van der Waals surface area (Å²) in [5.41, 5.74) is 6.48. The van der Waals surface area contributed by atoms with Crippen molar-refractivity contribution in [3.63, 3.8) is 0 Å². The van der Waals surface area contributed by atoms with E-state index in [9.17, 15) is 5.11 Å². The van der Waals surface area contributed by atoms with Crippen molar-refractivity contribution in [2.45, 2.75) is 251 Å². The summed E-state index contributed by atoms with van der Waals surface area (Å²) in [5.74, 6) is 3.00. The fourth-order valence-electron chi connectivity index (χ4n) is 11.3. The predicted molar refractivity (Wildman–Crippen MR) is 417 cm³/mol. The Morgan fingerprint density at radius 2 is 0.869 bits per heavy atom. The Morgan fingerprint density at radius 1 is 0.434 bits per heavy atom. The Labute approximate surface area is 605 Å². The number of hydrogen-bond acceptors (Lipinski definition) is 12. The van der Waals surface area contributed by atoms with E-state index in [1.807, 2.05) is 115 Å². The molecule has 0 aromatic heterocycles. The molecule has 0 amide bonds. The van der Waals surface area contributed by atoms with Crippen LogP contribution in [0.1, 0.15) is 160 Å². The van der Waals surface area contributed by atoms with Crippen molar-refractivity contribution < 1.29 is 55.7 Å². The molecule has 0 aliphatic carbocycles. The highest BCUT2D eigenvalue weighted by molar-refractivity contribution is 9.10. The number of aliphatic hydroxyl groups excluding tert-OH is 1. The molecule has 3 aliphatic heterocycles. The minimum absolute atomic E-state index is 0.129. The van der Waals surface area contributed by atoms with E-state index >= 15 is 0 Å². The van der Waals surface area contributed by atoms with E-state index in [2.05, 4.69) is 210 Å². The molecule has 0 fully saturated rings. The zero-order chi connectivity index (χ0) is 72.6. The van der Waals surface area contributed by atoms with Gasteiger partial charge in [0.1, 0.15) is 82.5 Å². The van der Waals surface area contributed by atoms with Gasteiger partial charge >= 0.3 is 5.79 Å². The lowest BCUT2D eigenvalue weighted by Gasteiger charge is -2.55. The second kappa shape index (κ2) is 27.3. The SMILES string of the molecule is CC(C)(C)[Si](C)(C)Oc1ccc([C@@]23Oc4cc(OCc5ccccc5)c5c(c4[C@@H](c4c(O[Si](C)(C)C(C)(C)C)cc(O[Si](C)(C)C(C)(C)C)c(Br)c4O2)[C@H]3O[Si](C)(C)C(C)(C)C)O[C@H](c2ccc(OCc3ccccc3)c(OCc3ccccc3)c2)[C@H](O)C5)cc1O[Si](C)(C)C(C)(C)C. The molecule has 3 heterocycles. The Hall–Kier alpha value is -5.98. The van der Waals surface area contributed by atoms with Crippen molar-refractivity contribution >= 4 is 57.5 Å². The summed E-state index contributed by atoms with van der Waals surface area (Å²) in [6.45, 7) is 57.5. The van der Waals surface area contributed by atoms with Gasteiger partial charge in [0.05, 0.1) is 12.0 Å². The molecule has 5 atom stereocenters. The second-order valence-electron chi connectivity index (χ2n) is 35.1. The first-order valence-corrected chi connectivity index (χ1v) is 50.6. The third-order valence-electron chi connectivity index (χ3n) is 22.6. The van der Waals surface area contributed by atoms with Gasteiger partial charge in [0, 0.05) is 40.8 Å². The molecule has 534 valence electrons. The van der Waals surface area contributed by atoms with Crippen LogP contribution in [0.2, 0.25) is 90.7 Å². The second-order valence-corrected chi connectivity index (χ2v) is 59.6. The van der Waals surface area contributed by atoms with Gasteiger partial charge in [-0.3, -0.25) is 0 Å². The molecule has 12 nitrogen and oxygen atoms in total. The van der Waals surface area contributed by atoms with E-state index in [-0.39, 0.29) is 44.8 Å². The van der Waals surface area contributed by atoms with E-state index in [4.69, 9.17) is 50.6 Å². The van der Waals surface area contributed by atoms with Crippen LogP contribution in [0.15, 0.2) is 144 Å². The topological polar surface area (TPSA) is 122 Å². The molecule has 0 saturated heterocycles. The first-order chi connectivity index (χ1) is 45.7. The molecule has 1 N–H and O–H groups in total. The standard InChI is InChI=1S/C81H111BrO12Si5/c1-76(2,3)95(16,17)90-61-44-42-57(46-64(61)91-96(18,19)77(4,5)6)81-75(94-99(24,25)80(13,14)15)70(69-66(92-97(20,21)78(7,8)9)49-67(71(82)74(69)89-81)93-98(22,23)79(10,11)12)68-65(88-81)48-62(85-51-54-37-31-27-32-38-54)58-47-59(83)72(87-73(58)68)56-41-43-60(84-50-53-35-29-26-30-36-53)63(45-56)86-52-55-39-33-28-34-40-55/h26-46,48-49,59,70,72,75,83H,47,50-52H2,1-25H3/t59-,70+,72-,75-,81-/m1/s1. The molecule has 3 aliphatic rings. The Kier molecular flexibility index (Phi) is 20.9. The van der Waals surface area contributed by atoms with E-state index in [1.54, 1.807) is 0 Å². The van der Waals surface area contributed by atoms with Crippen LogP contribution in [0, 0.1) is 0 Å². The minimum atomic E-state index is -2.94. The first-order valence-electron chi connectivity index (χ1n) is 35.3. The van der Waals surface area contributed by atoms with E-state index in [1.165, 1.54) is 0 Å². The largest absolute Gasteiger partial charge is 0.543 e. The number of benzene rings is 7. The van der Waals surface area contributed by atoms with Crippen LogP contribution in [0.25, 0.3) is 0 Å². The van der Waals surface area contributed by atoms with Crippen molar-refractivity contribution in [1.29, 1.82) is 0 Å². The Bertz CT molecular complexity index is 4030. The van der Waals surface area contributed by atoms with Crippen LogP contribution < -0.4 is 46.1 Å². The summed E-state index contributed by atoms with van der Waals surface area (Å²) >= 11 is 4.28. The van der Waals surface area contributed by atoms with Crippen LogP contribution in [0.3, 0.4) is 0 Å². The van der Waals surface area contributed by atoms with Crippen molar-refractivity contribution in [3.8, 4) is 57.5 Å². The number of halogens is 1. The van der Waals surface area contributed by atoms with Gasteiger partial charge in [0.2, 0.25) is 8.32 Å². The number of ether oxygens (including phenoxy) is 6. The van der Waals surface area contributed by atoms with Crippen LogP contribution in [-0.2, 0) is 36.5 Å². The fourth-order valence-corrected chi connectivity index (χ4v) is 17.3. The summed E-state index contributed by atoms with van der Waals surface area (Å²) in [6.07, 6.45) is -2.79. The Balaban J connectivity index is 1.31. The quantitative estimate of drug-likeness (QED) is 0.0690. The molecule has 0 spiro atoms. The van der Waals surface area contributed by atoms with Gasteiger partial charge in [-0.1, -0.05) is 201 Å². The lowest BCUT2D eigenvalue weighted by Crippen LogP contribution is -2.62. The van der Waals surface area contributed by atoms with Crippen LogP contribution in [0.5, 0.6) is 57.5 Å². The van der Waals surface area contributed by atoms with Gasteiger partial charge in [0.25, 0.3) is 25.0 Å². The zero-order valence-corrected chi connectivity index (χ0v) is 70.3. The summed E-state index contributed by atoms with van der Waals surface area (Å²) < 4.78 is 83.7. The van der Waals surface area contributed by atoms with Gasteiger partial charge in [0.15, 0.2) is 19.8 Å². The van der Waals surface area contributed by atoms with Crippen LogP contribution in [-0.4, -0.2) is 58.9 Å². The molecular formula is C81H111BrO12Si5. The average molecular weight is 1500 g/mol. The maximum absolute atomic E-state index is 13.0. The zero-order valence-electron chi connectivity index (χ0n) is 63.7. The third kappa shape index (κ3) is 15.5. The van der Waals surface area contributed by atoms with Crippen LogP contribution >= 0.6 is 15.9 Å². The summed E-state index contributed by atoms with van der Waals surface area (Å²) in [7, 11) is -13.4. The maximum atomic E-state index is 13.0. The smallest absolute Gasteiger partial charge is 0.304 e. The molecule has 0 radical (unpaired) electrons. The lowest BCUT2D eigenvalue weighted by molar-refractivity contribution is -0.214. The molecule has 18 heteroatoms. The minimum Gasteiger partial charge on any atom is -0.543 e. The van der Waals surface area contributed by atoms with Gasteiger partial charge in [-0.15, -0.1) is 0 Å². The van der Waals surface area contributed by atoms with Gasteiger partial charge < -0.3 is 55.7 Å². The fraction of sp³-hybridized carbons (Fsp3) is 0.481. The van der Waals surface area contributed by atoms with Gasteiger partial charge in [-0.25, -0.2) is 0 Å². The lowest BCUT2D eigenvalue weighted by atomic mass is 9.74. The van der Waals surface area contributed by atoms with E-state index in [0.717, 1.165) is 22.3 Å². The molecule has 0 saturated carbocycles. The van der Waals surface area contributed by atoms with Gasteiger partial charge in [-0.2, -0.15) is 0 Å². The average Bonchev–Trinajstić information content (AvgIpc) is 0.681. The molecule has 2 bridgehead atoms. The summed E-state index contributed by atoms with van der Waals surface area (Å²) in [4.78, 5) is 0. The molecule has 7 aromatic carbocycles. The normalized spacial score (nSPS) is 19.1. The van der Waals surface area contributed by atoms with Crippen molar-refractivity contribution in [1.82, 2.24) is 0 Å². The predicted octanol–water partition coefficient (Wildman–Crippen LogP) is 22.9. The van der Waals surface area contributed by atoms with Crippen molar-refractivity contribution in [2.24, 2.45) is 0 Å². The highest BCUT2D eigenvalue weighted by Gasteiger charge is 2.64. The number of aliphatic hydroxyl groups is 1. The maximum Gasteiger partial charge on any atom is 0.304 e. The van der Waals surface area contributed by atoms with E-state index < -0.39 is 71.6 Å². The summed E-state index contributed by atoms with van der Waals surface area (Å²) in [5, 5.41) is 12.0. The molecule has 10 rings (SSSR count). The summed E-state index contributed by atoms with van der Waals surface area (Å²) in [6, 6.07) is 46.5. The Morgan fingerprint density at radius 3 is 1.35 bits per heavy atom. The van der Waals surface area contributed by atoms with Gasteiger partial charge in [-0.05, 0) is 159 Å². The van der Waals surface area contributed by atoms with Crippen LogP contribution in [0.4, 0.5) is 0 Å². The third-order valence-corrected chi connectivity index (χ3v) is 45.2. The first kappa shape index (κ1) is 75.7. The number of fused-ring (bicyclic) bond motifs is 8. The molecule has 99 heavy (non-hydrogen) atoms. The monoisotopic (exact) mass is 1490 g/mol. The highest BCUT2D eigenvalue weighted by Crippen LogP contribution is 2.67. The van der Waals surface area contributed by atoms with Crippen molar-refractivity contribution in [2.75, 3.05) is 0 Å². The van der Waals surface area contributed by atoms with Crippen molar-refractivity contribution in [3.05, 3.63) is 189 Å². The van der Waals surface area contributed by atoms with E-state index in [0.29, 0.717) is 90.8 Å². The number of rotatable bonds is 21. The number of hydrogen-bond donors (Lipinski definition) is 1. The molecule has 7 aromatic rings.